The Balaban J connectivity index is 1.98. The molecule has 0 aliphatic carbocycles. The van der Waals surface area contributed by atoms with E-state index in [1.54, 1.807) is 31.3 Å². The van der Waals surface area contributed by atoms with E-state index in [1.165, 1.54) is 11.1 Å². The highest BCUT2D eigenvalue weighted by Crippen LogP contribution is 2.22. The van der Waals surface area contributed by atoms with E-state index in [4.69, 9.17) is 0 Å². The molecule has 0 spiro atoms. The summed E-state index contributed by atoms with van der Waals surface area (Å²) in [5.74, 6) is 0.0290. The summed E-state index contributed by atoms with van der Waals surface area (Å²) < 4.78 is 0. The summed E-state index contributed by atoms with van der Waals surface area (Å²) in [7, 11) is 1.58. The van der Waals surface area contributed by atoms with E-state index < -0.39 is 0 Å². The van der Waals surface area contributed by atoms with Crippen molar-refractivity contribution in [1.29, 1.82) is 0 Å². The van der Waals surface area contributed by atoms with E-state index in [2.05, 4.69) is 61.0 Å². The molecule has 2 amide bonds. The average Bonchev–Trinajstić information content (AvgIpc) is 2.68. The van der Waals surface area contributed by atoms with E-state index in [-0.39, 0.29) is 24.4 Å². The second-order valence-corrected chi connectivity index (χ2v) is 6.91. The zero-order valence-electron chi connectivity index (χ0n) is 16.5. The Labute approximate surface area is 161 Å². The highest BCUT2D eigenvalue weighted by Gasteiger charge is 2.16. The van der Waals surface area contributed by atoms with Gasteiger partial charge in [0.05, 0.1) is 6.54 Å². The Bertz CT molecular complexity index is 769. The van der Waals surface area contributed by atoms with Crippen LogP contribution in [0.2, 0.25) is 0 Å². The van der Waals surface area contributed by atoms with Gasteiger partial charge in [0.25, 0.3) is 5.91 Å². The number of carbonyl (C=O) groups is 2. The van der Waals surface area contributed by atoms with Crippen molar-refractivity contribution in [3.63, 3.8) is 0 Å². The number of rotatable bonds is 8. The molecule has 1 atom stereocenters. The smallest absolute Gasteiger partial charge is 0.251 e. The van der Waals surface area contributed by atoms with E-state index in [9.17, 15) is 9.59 Å². The molecule has 5 nitrogen and oxygen atoms in total. The summed E-state index contributed by atoms with van der Waals surface area (Å²) in [5.41, 5.74) is 3.60. The molecule has 0 saturated heterocycles. The lowest BCUT2D eigenvalue weighted by molar-refractivity contribution is -0.115. The molecule has 0 heterocycles. The second kappa shape index (κ2) is 9.88. The van der Waals surface area contributed by atoms with Crippen LogP contribution in [0.15, 0.2) is 48.5 Å². The largest absolute Gasteiger partial charge is 0.355 e. The number of anilines is 1. The molecule has 0 fully saturated rings. The first kappa shape index (κ1) is 20.6. The molecule has 144 valence electrons. The maximum Gasteiger partial charge on any atom is 0.251 e. The highest BCUT2D eigenvalue weighted by atomic mass is 16.2. The predicted molar refractivity (Wildman–Crippen MR) is 110 cm³/mol. The van der Waals surface area contributed by atoms with Crippen LogP contribution >= 0.6 is 0 Å². The van der Waals surface area contributed by atoms with E-state index >= 15 is 0 Å². The van der Waals surface area contributed by atoms with Gasteiger partial charge in [0.2, 0.25) is 5.91 Å². The van der Waals surface area contributed by atoms with E-state index in [0.29, 0.717) is 17.2 Å². The fourth-order valence-electron chi connectivity index (χ4n) is 2.99. The third-order valence-corrected chi connectivity index (χ3v) is 4.53. The van der Waals surface area contributed by atoms with E-state index in [1.807, 2.05) is 0 Å². The number of carbonyl (C=O) groups excluding carboxylic acids is 2. The Morgan fingerprint density at radius 1 is 1.04 bits per heavy atom. The van der Waals surface area contributed by atoms with Gasteiger partial charge in [-0.3, -0.25) is 9.59 Å². The van der Waals surface area contributed by atoms with Crippen molar-refractivity contribution >= 4 is 17.5 Å². The van der Waals surface area contributed by atoms with Crippen LogP contribution in [-0.2, 0) is 11.2 Å². The summed E-state index contributed by atoms with van der Waals surface area (Å²) >= 11 is 0. The molecule has 0 aliphatic heterocycles. The van der Waals surface area contributed by atoms with Crippen molar-refractivity contribution in [3.05, 3.63) is 65.2 Å². The summed E-state index contributed by atoms with van der Waals surface area (Å²) in [6.45, 7) is 6.60. The maximum absolute atomic E-state index is 12.3. The Hall–Kier alpha value is -2.66. The number of amides is 2. The SMILES string of the molecule is CCc1ccc([C@@H](NCC(=O)Nc2cccc(C(=O)NC)c2)C(C)C)cc1. The fraction of sp³-hybridized carbons (Fsp3) is 0.364. The molecule has 0 bridgehead atoms. The summed E-state index contributed by atoms with van der Waals surface area (Å²) in [4.78, 5) is 24.1. The van der Waals surface area contributed by atoms with E-state index in [0.717, 1.165) is 6.42 Å². The average molecular weight is 367 g/mol. The predicted octanol–water partition coefficient (Wildman–Crippen LogP) is 3.53. The van der Waals surface area contributed by atoms with Gasteiger partial charge in [0.15, 0.2) is 0 Å². The molecule has 0 aromatic heterocycles. The Morgan fingerprint density at radius 3 is 2.33 bits per heavy atom. The van der Waals surface area contributed by atoms with Crippen molar-refractivity contribution in [2.45, 2.75) is 33.2 Å². The van der Waals surface area contributed by atoms with Gasteiger partial charge < -0.3 is 16.0 Å². The molecule has 0 radical (unpaired) electrons. The van der Waals surface area contributed by atoms with Crippen LogP contribution in [0.3, 0.4) is 0 Å². The summed E-state index contributed by atoms with van der Waals surface area (Å²) in [6, 6.07) is 15.5. The van der Waals surface area contributed by atoms with Crippen molar-refractivity contribution in [2.75, 3.05) is 18.9 Å². The normalized spacial score (nSPS) is 11.9. The standard InChI is InChI=1S/C22H29N3O2/c1-5-16-9-11-17(12-10-16)21(15(2)3)24-14-20(26)25-19-8-6-7-18(13-19)22(27)23-4/h6-13,15,21,24H,5,14H2,1-4H3,(H,23,27)(H,25,26)/t21-/m0/s1. The molecule has 0 saturated carbocycles. The zero-order chi connectivity index (χ0) is 19.8. The van der Waals surface area contributed by atoms with Gasteiger partial charge in [-0.15, -0.1) is 0 Å². The molecule has 0 unspecified atom stereocenters. The molecular weight excluding hydrogens is 338 g/mol. The molecular formula is C22H29N3O2. The van der Waals surface area contributed by atoms with Crippen LogP contribution in [-0.4, -0.2) is 25.4 Å². The van der Waals surface area contributed by atoms with Gasteiger partial charge in [0.1, 0.15) is 0 Å². The van der Waals surface area contributed by atoms with Crippen LogP contribution in [0.4, 0.5) is 5.69 Å². The Morgan fingerprint density at radius 2 is 1.74 bits per heavy atom. The van der Waals surface area contributed by atoms with Crippen LogP contribution < -0.4 is 16.0 Å². The highest BCUT2D eigenvalue weighted by molar-refractivity contribution is 5.97. The van der Waals surface area contributed by atoms with Gasteiger partial charge in [-0.1, -0.05) is 51.1 Å². The number of hydrogen-bond acceptors (Lipinski definition) is 3. The molecule has 5 heteroatoms. The maximum atomic E-state index is 12.3. The first-order valence-electron chi connectivity index (χ1n) is 9.38. The lowest BCUT2D eigenvalue weighted by atomic mass is 9.95. The first-order valence-corrected chi connectivity index (χ1v) is 9.38. The summed E-state index contributed by atoms with van der Waals surface area (Å²) in [6.07, 6.45) is 1.01. The van der Waals surface area contributed by atoms with Crippen LogP contribution in [0.25, 0.3) is 0 Å². The minimum absolute atomic E-state index is 0.0962. The monoisotopic (exact) mass is 367 g/mol. The molecule has 2 aromatic carbocycles. The van der Waals surface area contributed by atoms with Crippen molar-refractivity contribution < 1.29 is 9.59 Å². The van der Waals surface area contributed by atoms with Crippen molar-refractivity contribution in [1.82, 2.24) is 10.6 Å². The zero-order valence-corrected chi connectivity index (χ0v) is 16.5. The minimum Gasteiger partial charge on any atom is -0.355 e. The molecule has 0 aliphatic rings. The first-order chi connectivity index (χ1) is 12.9. The number of nitrogens with one attached hydrogen (secondary N) is 3. The number of aryl methyl sites for hydroxylation is 1. The third-order valence-electron chi connectivity index (χ3n) is 4.53. The quantitative estimate of drug-likeness (QED) is 0.668. The molecule has 2 aromatic rings. The minimum atomic E-state index is -0.181. The number of benzene rings is 2. The van der Waals surface area contributed by atoms with Gasteiger partial charge in [0, 0.05) is 24.3 Å². The third kappa shape index (κ3) is 5.93. The van der Waals surface area contributed by atoms with Crippen molar-refractivity contribution in [3.8, 4) is 0 Å². The van der Waals surface area contributed by atoms with Crippen molar-refractivity contribution in [2.24, 2.45) is 5.92 Å². The summed E-state index contributed by atoms with van der Waals surface area (Å²) in [5, 5.41) is 8.77. The van der Waals surface area contributed by atoms with Gasteiger partial charge in [-0.25, -0.2) is 0 Å². The van der Waals surface area contributed by atoms with Crippen LogP contribution in [0.5, 0.6) is 0 Å². The van der Waals surface area contributed by atoms with Gasteiger partial charge in [-0.2, -0.15) is 0 Å². The van der Waals surface area contributed by atoms with Gasteiger partial charge >= 0.3 is 0 Å². The fourth-order valence-corrected chi connectivity index (χ4v) is 2.99. The Kier molecular flexibility index (Phi) is 7.55. The molecule has 27 heavy (non-hydrogen) atoms. The lowest BCUT2D eigenvalue weighted by Crippen LogP contribution is -2.33. The second-order valence-electron chi connectivity index (χ2n) is 6.91. The lowest BCUT2D eigenvalue weighted by Gasteiger charge is -2.23. The topological polar surface area (TPSA) is 70.2 Å². The van der Waals surface area contributed by atoms with Crippen LogP contribution in [0.1, 0.15) is 48.3 Å². The van der Waals surface area contributed by atoms with Crippen LogP contribution in [0, 0.1) is 5.92 Å². The van der Waals surface area contributed by atoms with Gasteiger partial charge in [-0.05, 0) is 41.7 Å². The number of hydrogen-bond donors (Lipinski definition) is 3. The molecule has 2 rings (SSSR count). The molecule has 3 N–H and O–H groups in total.